The number of aromatic nitrogens is 1. The monoisotopic (exact) mass is 302 g/mol. The molecule has 4 nitrogen and oxygen atoms in total. The van der Waals surface area contributed by atoms with Crippen molar-refractivity contribution in [1.82, 2.24) is 9.47 Å². The molecular weight excluding hydrogens is 284 g/mol. The standard InChI is InChI=1S/C16H18N2O2S/c1-11-12(2)21-16(20)18(11)10-15(19)17-9-8-14(17)13-6-4-3-5-7-13/h3-7,14H,8-10H2,1-2H3. The lowest BCUT2D eigenvalue weighted by molar-refractivity contribution is -0.139. The second-order valence-corrected chi connectivity index (χ2v) is 6.56. The first-order chi connectivity index (χ1) is 10.1. The van der Waals surface area contributed by atoms with Crippen LogP contribution in [0.4, 0.5) is 0 Å². The number of hydrogen-bond donors (Lipinski definition) is 0. The molecule has 1 aromatic heterocycles. The SMILES string of the molecule is Cc1sc(=O)n(CC(=O)N2CCC2c2ccccc2)c1C. The van der Waals surface area contributed by atoms with Gasteiger partial charge >= 0.3 is 4.87 Å². The van der Waals surface area contributed by atoms with Gasteiger partial charge in [0.15, 0.2) is 0 Å². The third-order valence-electron chi connectivity index (χ3n) is 4.19. The molecule has 3 rings (SSSR count). The molecular formula is C16H18N2O2S. The number of aryl methyl sites for hydroxylation is 1. The highest BCUT2D eigenvalue weighted by molar-refractivity contribution is 7.09. The van der Waals surface area contributed by atoms with Gasteiger partial charge in [0.2, 0.25) is 5.91 Å². The summed E-state index contributed by atoms with van der Waals surface area (Å²) in [5, 5.41) is 0. The van der Waals surface area contributed by atoms with Gasteiger partial charge in [-0.15, -0.1) is 0 Å². The summed E-state index contributed by atoms with van der Waals surface area (Å²) in [6, 6.07) is 10.2. The summed E-state index contributed by atoms with van der Waals surface area (Å²) in [4.78, 5) is 27.2. The van der Waals surface area contributed by atoms with Gasteiger partial charge in [0.25, 0.3) is 0 Å². The Hall–Kier alpha value is -1.88. The molecule has 1 saturated heterocycles. The third kappa shape index (κ3) is 2.53. The van der Waals surface area contributed by atoms with Crippen molar-refractivity contribution in [2.45, 2.75) is 32.9 Å². The lowest BCUT2D eigenvalue weighted by Gasteiger charge is -2.41. The van der Waals surface area contributed by atoms with Gasteiger partial charge < -0.3 is 4.90 Å². The maximum Gasteiger partial charge on any atom is 0.308 e. The fourth-order valence-electron chi connectivity index (χ4n) is 2.70. The first-order valence-electron chi connectivity index (χ1n) is 7.09. The van der Waals surface area contributed by atoms with E-state index in [0.717, 1.165) is 23.5 Å². The van der Waals surface area contributed by atoms with Crippen molar-refractivity contribution in [3.05, 3.63) is 56.1 Å². The Morgan fingerprint density at radius 2 is 2.00 bits per heavy atom. The second-order valence-electron chi connectivity index (χ2n) is 5.40. The highest BCUT2D eigenvalue weighted by Crippen LogP contribution is 2.33. The molecule has 1 amide bonds. The molecule has 1 aliphatic rings. The molecule has 0 saturated carbocycles. The number of thiazole rings is 1. The van der Waals surface area contributed by atoms with Crippen LogP contribution in [0.1, 0.15) is 28.6 Å². The highest BCUT2D eigenvalue weighted by atomic mass is 32.1. The van der Waals surface area contributed by atoms with Crippen molar-refractivity contribution in [2.24, 2.45) is 0 Å². The predicted molar refractivity (Wildman–Crippen MR) is 83.6 cm³/mol. The first kappa shape index (κ1) is 14.1. The lowest BCUT2D eigenvalue weighted by atomic mass is 9.94. The summed E-state index contributed by atoms with van der Waals surface area (Å²) < 4.78 is 1.59. The molecule has 0 aliphatic carbocycles. The smallest absolute Gasteiger partial charge is 0.308 e. The van der Waals surface area contributed by atoms with Crippen LogP contribution in [0.3, 0.4) is 0 Å². The molecule has 1 aromatic carbocycles. The van der Waals surface area contributed by atoms with Gasteiger partial charge in [-0.05, 0) is 25.8 Å². The van der Waals surface area contributed by atoms with Crippen molar-refractivity contribution in [3.8, 4) is 0 Å². The van der Waals surface area contributed by atoms with Crippen molar-refractivity contribution in [3.63, 3.8) is 0 Å². The third-order valence-corrected chi connectivity index (χ3v) is 5.19. The number of rotatable bonds is 3. The molecule has 1 aliphatic heterocycles. The van der Waals surface area contributed by atoms with E-state index in [1.165, 1.54) is 16.9 Å². The maximum atomic E-state index is 12.5. The summed E-state index contributed by atoms with van der Waals surface area (Å²) in [5.74, 6) is 0.0260. The van der Waals surface area contributed by atoms with E-state index in [1.807, 2.05) is 36.9 Å². The van der Waals surface area contributed by atoms with Crippen LogP contribution in [0.5, 0.6) is 0 Å². The summed E-state index contributed by atoms with van der Waals surface area (Å²) in [6.45, 7) is 4.73. The molecule has 5 heteroatoms. The maximum absolute atomic E-state index is 12.5. The molecule has 0 bridgehead atoms. The van der Waals surface area contributed by atoms with E-state index in [0.29, 0.717) is 0 Å². The van der Waals surface area contributed by atoms with Gasteiger partial charge in [-0.2, -0.15) is 0 Å². The van der Waals surface area contributed by atoms with Crippen LogP contribution in [0.2, 0.25) is 0 Å². The van der Waals surface area contributed by atoms with Gasteiger partial charge in [0.05, 0.1) is 6.04 Å². The molecule has 1 unspecified atom stereocenters. The minimum Gasteiger partial charge on any atom is -0.334 e. The van der Waals surface area contributed by atoms with Crippen LogP contribution in [-0.2, 0) is 11.3 Å². The van der Waals surface area contributed by atoms with E-state index >= 15 is 0 Å². The van der Waals surface area contributed by atoms with Gasteiger partial charge in [0, 0.05) is 17.1 Å². The van der Waals surface area contributed by atoms with E-state index in [1.54, 1.807) is 4.57 Å². The molecule has 21 heavy (non-hydrogen) atoms. The fraction of sp³-hybridized carbons (Fsp3) is 0.375. The Kier molecular flexibility index (Phi) is 3.68. The molecule has 2 aromatic rings. The number of carbonyl (C=O) groups excluding carboxylic acids is 1. The minimum atomic E-state index is -0.0462. The fourth-order valence-corrected chi connectivity index (χ4v) is 3.54. The van der Waals surface area contributed by atoms with Crippen LogP contribution in [0.25, 0.3) is 0 Å². The number of likely N-dealkylation sites (tertiary alicyclic amines) is 1. The minimum absolute atomic E-state index is 0.0260. The zero-order chi connectivity index (χ0) is 15.0. The van der Waals surface area contributed by atoms with Gasteiger partial charge in [-0.3, -0.25) is 14.2 Å². The van der Waals surface area contributed by atoms with Crippen LogP contribution < -0.4 is 4.87 Å². The molecule has 0 spiro atoms. The summed E-state index contributed by atoms with van der Waals surface area (Å²) in [6.07, 6.45) is 0.992. The van der Waals surface area contributed by atoms with Crippen LogP contribution in [0, 0.1) is 13.8 Å². The molecule has 0 radical (unpaired) electrons. The molecule has 1 atom stereocenters. The number of hydrogen-bond acceptors (Lipinski definition) is 3. The summed E-state index contributed by atoms with van der Waals surface area (Å²) in [5.41, 5.74) is 2.07. The van der Waals surface area contributed by atoms with Crippen molar-refractivity contribution < 1.29 is 4.79 Å². The highest BCUT2D eigenvalue weighted by Gasteiger charge is 2.33. The molecule has 1 fully saturated rings. The van der Waals surface area contributed by atoms with E-state index < -0.39 is 0 Å². The van der Waals surface area contributed by atoms with E-state index in [9.17, 15) is 9.59 Å². The average molecular weight is 302 g/mol. The topological polar surface area (TPSA) is 42.3 Å². The Morgan fingerprint density at radius 3 is 2.52 bits per heavy atom. The quantitative estimate of drug-likeness (QED) is 0.874. The van der Waals surface area contributed by atoms with Crippen LogP contribution in [0.15, 0.2) is 35.1 Å². The number of benzene rings is 1. The number of nitrogens with zero attached hydrogens (tertiary/aromatic N) is 2. The van der Waals surface area contributed by atoms with E-state index in [-0.39, 0.29) is 23.4 Å². The van der Waals surface area contributed by atoms with Crippen molar-refractivity contribution in [1.29, 1.82) is 0 Å². The molecule has 110 valence electrons. The zero-order valence-corrected chi connectivity index (χ0v) is 13.0. The van der Waals surface area contributed by atoms with E-state index in [4.69, 9.17) is 0 Å². The largest absolute Gasteiger partial charge is 0.334 e. The Labute approximate surface area is 127 Å². The lowest BCUT2D eigenvalue weighted by Crippen LogP contribution is -2.47. The van der Waals surface area contributed by atoms with Gasteiger partial charge in [-0.25, -0.2) is 0 Å². The molecule has 2 heterocycles. The molecule has 0 N–H and O–H groups in total. The Balaban J connectivity index is 1.76. The van der Waals surface area contributed by atoms with Crippen LogP contribution >= 0.6 is 11.3 Å². The average Bonchev–Trinajstić information content (AvgIpc) is 2.65. The zero-order valence-electron chi connectivity index (χ0n) is 12.2. The van der Waals surface area contributed by atoms with Crippen LogP contribution in [-0.4, -0.2) is 21.9 Å². The first-order valence-corrected chi connectivity index (χ1v) is 7.91. The predicted octanol–water partition coefficient (Wildman–Crippen LogP) is 2.50. The van der Waals surface area contributed by atoms with Gasteiger partial charge in [-0.1, -0.05) is 41.7 Å². The summed E-state index contributed by atoms with van der Waals surface area (Å²) in [7, 11) is 0. The number of carbonyl (C=O) groups is 1. The van der Waals surface area contributed by atoms with Crippen molar-refractivity contribution >= 4 is 17.2 Å². The Morgan fingerprint density at radius 1 is 1.29 bits per heavy atom. The second kappa shape index (κ2) is 5.48. The Bertz CT molecular complexity index is 718. The summed E-state index contributed by atoms with van der Waals surface area (Å²) >= 11 is 1.21. The van der Waals surface area contributed by atoms with Gasteiger partial charge in [0.1, 0.15) is 6.54 Å². The van der Waals surface area contributed by atoms with E-state index in [2.05, 4.69) is 12.1 Å². The van der Waals surface area contributed by atoms with Crippen molar-refractivity contribution in [2.75, 3.05) is 6.54 Å². The number of amides is 1. The normalized spacial score (nSPS) is 17.6.